The van der Waals surface area contributed by atoms with Crippen molar-refractivity contribution in [3.8, 4) is 0 Å². The van der Waals surface area contributed by atoms with Crippen molar-refractivity contribution in [1.82, 2.24) is 19.6 Å². The van der Waals surface area contributed by atoms with Gasteiger partial charge in [0.25, 0.3) is 0 Å². The fourth-order valence-corrected chi connectivity index (χ4v) is 2.50. The summed E-state index contributed by atoms with van der Waals surface area (Å²) in [4.78, 5) is 20.7. The summed E-state index contributed by atoms with van der Waals surface area (Å²) in [6, 6.07) is 7.28. The number of carbonyl (C=O) groups is 1. The number of carbonyl (C=O) groups excluding carboxylic acids is 1. The second-order valence-corrected chi connectivity index (χ2v) is 6.09. The molecule has 0 bridgehead atoms. The molecule has 1 atom stereocenters. The molecule has 3 heterocycles. The number of anilines is 1. The van der Waals surface area contributed by atoms with E-state index in [0.29, 0.717) is 22.1 Å². The SMILES string of the molecule is CCC(C)Nc1cc(Cl)cc2nc(CC(=O)c3cccnc3)nn12. The Hall–Kier alpha value is -2.47. The van der Waals surface area contributed by atoms with Crippen LogP contribution in [0.15, 0.2) is 36.7 Å². The Kier molecular flexibility index (Phi) is 4.76. The van der Waals surface area contributed by atoms with Crippen molar-refractivity contribution in [1.29, 1.82) is 0 Å². The number of hydrogen-bond donors (Lipinski definition) is 1. The zero-order chi connectivity index (χ0) is 17.1. The Bertz CT molecular complexity index is 862. The molecule has 0 amide bonds. The molecule has 124 valence electrons. The Morgan fingerprint density at radius 2 is 2.25 bits per heavy atom. The van der Waals surface area contributed by atoms with Crippen molar-refractivity contribution in [3.63, 3.8) is 0 Å². The molecule has 3 aromatic rings. The van der Waals surface area contributed by atoms with E-state index in [1.54, 1.807) is 35.1 Å². The quantitative estimate of drug-likeness (QED) is 0.694. The smallest absolute Gasteiger partial charge is 0.172 e. The lowest BCUT2D eigenvalue weighted by Crippen LogP contribution is -2.16. The second-order valence-electron chi connectivity index (χ2n) is 5.65. The summed E-state index contributed by atoms with van der Waals surface area (Å²) in [6.07, 6.45) is 4.27. The summed E-state index contributed by atoms with van der Waals surface area (Å²) < 4.78 is 1.68. The fourth-order valence-electron chi connectivity index (χ4n) is 2.30. The Morgan fingerprint density at radius 1 is 1.42 bits per heavy atom. The van der Waals surface area contributed by atoms with Gasteiger partial charge in [-0.15, -0.1) is 5.10 Å². The minimum absolute atomic E-state index is 0.0680. The predicted octanol–water partition coefficient (Wildman–Crippen LogP) is 3.41. The second kappa shape index (κ2) is 6.97. The average Bonchev–Trinajstić information content (AvgIpc) is 2.97. The summed E-state index contributed by atoms with van der Waals surface area (Å²) in [6.45, 7) is 4.18. The van der Waals surface area contributed by atoms with Crippen LogP contribution in [-0.4, -0.2) is 31.4 Å². The number of nitrogens with one attached hydrogen (secondary N) is 1. The first-order valence-corrected chi connectivity index (χ1v) is 8.19. The zero-order valence-electron chi connectivity index (χ0n) is 13.5. The largest absolute Gasteiger partial charge is 0.367 e. The first kappa shape index (κ1) is 16.4. The van der Waals surface area contributed by atoms with Gasteiger partial charge in [0.05, 0.1) is 6.42 Å². The van der Waals surface area contributed by atoms with Crippen LogP contribution in [0.25, 0.3) is 5.65 Å². The zero-order valence-corrected chi connectivity index (χ0v) is 14.3. The van der Waals surface area contributed by atoms with Crippen molar-refractivity contribution in [2.75, 3.05) is 5.32 Å². The lowest BCUT2D eigenvalue weighted by atomic mass is 10.1. The Balaban J connectivity index is 1.90. The van der Waals surface area contributed by atoms with Gasteiger partial charge in [-0.1, -0.05) is 18.5 Å². The van der Waals surface area contributed by atoms with Gasteiger partial charge in [-0.05, 0) is 31.5 Å². The van der Waals surface area contributed by atoms with Crippen LogP contribution >= 0.6 is 11.6 Å². The van der Waals surface area contributed by atoms with Crippen LogP contribution in [-0.2, 0) is 6.42 Å². The van der Waals surface area contributed by atoms with Gasteiger partial charge < -0.3 is 5.32 Å². The van der Waals surface area contributed by atoms with Crippen LogP contribution in [0.3, 0.4) is 0 Å². The Labute approximate surface area is 144 Å². The molecule has 7 heteroatoms. The number of halogens is 1. The van der Waals surface area contributed by atoms with E-state index in [-0.39, 0.29) is 18.2 Å². The first-order chi connectivity index (χ1) is 11.6. The number of rotatable bonds is 6. The van der Waals surface area contributed by atoms with Crippen LogP contribution < -0.4 is 5.32 Å². The van der Waals surface area contributed by atoms with Gasteiger partial charge in [-0.3, -0.25) is 9.78 Å². The van der Waals surface area contributed by atoms with Crippen molar-refractivity contribution in [2.45, 2.75) is 32.7 Å². The fraction of sp³-hybridized carbons (Fsp3) is 0.294. The molecule has 3 aromatic heterocycles. The molecular weight excluding hydrogens is 326 g/mol. The standard InChI is InChI=1S/C17H18ClN5O/c1-3-11(2)20-16-7-13(18)8-17-21-15(22-23(16)17)9-14(24)12-5-4-6-19-10-12/h4-8,10-11,20H,3,9H2,1-2H3. The molecule has 0 radical (unpaired) electrons. The van der Waals surface area contributed by atoms with E-state index in [1.165, 1.54) is 0 Å². The van der Waals surface area contributed by atoms with Crippen LogP contribution in [0.5, 0.6) is 0 Å². The summed E-state index contributed by atoms with van der Waals surface area (Å²) >= 11 is 6.17. The topological polar surface area (TPSA) is 72.2 Å². The molecule has 0 aliphatic heterocycles. The molecule has 0 aliphatic carbocycles. The van der Waals surface area contributed by atoms with Crippen molar-refractivity contribution < 1.29 is 4.79 Å². The molecule has 3 rings (SSSR count). The van der Waals surface area contributed by atoms with Crippen molar-refractivity contribution in [2.24, 2.45) is 0 Å². The minimum Gasteiger partial charge on any atom is -0.367 e. The van der Waals surface area contributed by atoms with E-state index >= 15 is 0 Å². The molecule has 0 spiro atoms. The summed E-state index contributed by atoms with van der Waals surface area (Å²) in [7, 11) is 0. The van der Waals surface area contributed by atoms with Gasteiger partial charge in [-0.2, -0.15) is 4.52 Å². The molecule has 0 saturated heterocycles. The summed E-state index contributed by atoms with van der Waals surface area (Å²) in [5, 5.41) is 8.38. The number of hydrogen-bond acceptors (Lipinski definition) is 5. The highest BCUT2D eigenvalue weighted by Crippen LogP contribution is 2.20. The minimum atomic E-state index is -0.0680. The molecular formula is C17H18ClN5O. The molecule has 0 saturated carbocycles. The van der Waals surface area contributed by atoms with Crippen LogP contribution in [0.4, 0.5) is 5.82 Å². The van der Waals surface area contributed by atoms with Crippen LogP contribution in [0.1, 0.15) is 36.5 Å². The van der Waals surface area contributed by atoms with Crippen LogP contribution in [0.2, 0.25) is 5.02 Å². The molecule has 0 fully saturated rings. The lowest BCUT2D eigenvalue weighted by molar-refractivity contribution is 0.0990. The normalized spacial score (nSPS) is 12.3. The van der Waals surface area contributed by atoms with E-state index in [9.17, 15) is 4.79 Å². The third-order valence-corrected chi connectivity index (χ3v) is 3.97. The van der Waals surface area contributed by atoms with E-state index in [0.717, 1.165) is 12.2 Å². The number of fused-ring (bicyclic) bond motifs is 1. The molecule has 1 N–H and O–H groups in total. The maximum Gasteiger partial charge on any atom is 0.172 e. The monoisotopic (exact) mass is 343 g/mol. The highest BCUT2D eigenvalue weighted by Gasteiger charge is 2.14. The van der Waals surface area contributed by atoms with Gasteiger partial charge in [0.15, 0.2) is 17.3 Å². The third-order valence-electron chi connectivity index (χ3n) is 3.75. The van der Waals surface area contributed by atoms with Gasteiger partial charge in [0, 0.05) is 35.1 Å². The highest BCUT2D eigenvalue weighted by atomic mass is 35.5. The van der Waals surface area contributed by atoms with Crippen LogP contribution in [0, 0.1) is 0 Å². The number of Topliss-reactive ketones (excluding diaryl/α,β-unsaturated/α-hetero) is 1. The Morgan fingerprint density at radius 3 is 2.96 bits per heavy atom. The van der Waals surface area contributed by atoms with E-state index < -0.39 is 0 Å². The molecule has 1 unspecified atom stereocenters. The van der Waals surface area contributed by atoms with Gasteiger partial charge >= 0.3 is 0 Å². The number of pyridine rings is 2. The first-order valence-electron chi connectivity index (χ1n) is 7.81. The summed E-state index contributed by atoms with van der Waals surface area (Å²) in [5.74, 6) is 1.15. The maximum absolute atomic E-state index is 12.3. The lowest BCUT2D eigenvalue weighted by Gasteiger charge is -2.13. The van der Waals surface area contributed by atoms with Crippen molar-refractivity contribution in [3.05, 3.63) is 53.1 Å². The third kappa shape index (κ3) is 3.54. The maximum atomic E-state index is 12.3. The molecule has 6 nitrogen and oxygen atoms in total. The van der Waals surface area contributed by atoms with E-state index in [1.807, 2.05) is 6.07 Å². The van der Waals surface area contributed by atoms with Gasteiger partial charge in [-0.25, -0.2) is 4.98 Å². The van der Waals surface area contributed by atoms with Gasteiger partial charge in [0.1, 0.15) is 5.82 Å². The molecule has 24 heavy (non-hydrogen) atoms. The molecule has 0 aliphatic rings. The number of aromatic nitrogens is 4. The van der Waals surface area contributed by atoms with Crippen molar-refractivity contribution >= 4 is 28.8 Å². The highest BCUT2D eigenvalue weighted by molar-refractivity contribution is 6.31. The van der Waals surface area contributed by atoms with Gasteiger partial charge in [0.2, 0.25) is 0 Å². The summed E-state index contributed by atoms with van der Waals surface area (Å²) in [5.41, 5.74) is 1.16. The predicted molar refractivity (Wildman–Crippen MR) is 93.6 cm³/mol. The molecule has 0 aromatic carbocycles. The number of nitrogens with zero attached hydrogens (tertiary/aromatic N) is 4. The average molecular weight is 344 g/mol. The number of ketones is 1. The van der Waals surface area contributed by atoms with E-state index in [4.69, 9.17) is 11.6 Å². The van der Waals surface area contributed by atoms with E-state index in [2.05, 4.69) is 34.2 Å².